The lowest BCUT2D eigenvalue weighted by Gasteiger charge is -2.19. The van der Waals surface area contributed by atoms with E-state index < -0.39 is 0 Å². The van der Waals surface area contributed by atoms with Crippen LogP contribution in [0.4, 0.5) is 0 Å². The summed E-state index contributed by atoms with van der Waals surface area (Å²) in [5.41, 5.74) is 0.872. The molecule has 4 nitrogen and oxygen atoms in total. The van der Waals surface area contributed by atoms with Gasteiger partial charge in [-0.1, -0.05) is 25.1 Å². The second-order valence-corrected chi connectivity index (χ2v) is 4.77. The Kier molecular flexibility index (Phi) is 5.32. The maximum atomic E-state index is 12.0. The highest BCUT2D eigenvalue weighted by Gasteiger charge is 2.18. The van der Waals surface area contributed by atoms with E-state index in [0.717, 1.165) is 17.7 Å². The first kappa shape index (κ1) is 15.0. The molecule has 0 N–H and O–H groups in total. The average Bonchev–Trinajstić information content (AvgIpc) is 2.51. The van der Waals surface area contributed by atoms with Crippen LogP contribution in [0.5, 0.6) is 5.75 Å². The fraction of sp³-hybridized carbons (Fsp3) is 0.294. The first-order valence-electron chi connectivity index (χ1n) is 7.13. The Balaban J connectivity index is 2.01. The van der Waals surface area contributed by atoms with Crippen LogP contribution in [0.1, 0.15) is 25.3 Å². The third-order valence-electron chi connectivity index (χ3n) is 3.06. The molecule has 2 amide bonds. The molecule has 1 aliphatic rings. The van der Waals surface area contributed by atoms with Gasteiger partial charge in [-0.05, 0) is 42.7 Å². The topological polar surface area (TPSA) is 46.6 Å². The van der Waals surface area contributed by atoms with Gasteiger partial charge in [0.15, 0.2) is 0 Å². The van der Waals surface area contributed by atoms with E-state index in [0.29, 0.717) is 19.6 Å². The molecule has 0 spiro atoms. The SMILES string of the molecule is CCCOc1cccc(/C=C/C(=O)N2CCC=CC2=O)c1. The maximum absolute atomic E-state index is 12.0. The van der Waals surface area contributed by atoms with Crippen molar-refractivity contribution in [3.8, 4) is 5.75 Å². The Morgan fingerprint density at radius 2 is 2.29 bits per heavy atom. The Hall–Kier alpha value is -2.36. The Bertz CT molecular complexity index is 575. The van der Waals surface area contributed by atoms with Crippen LogP contribution in [0.15, 0.2) is 42.5 Å². The van der Waals surface area contributed by atoms with Gasteiger partial charge in [0, 0.05) is 12.6 Å². The van der Waals surface area contributed by atoms with E-state index >= 15 is 0 Å². The Labute approximate surface area is 124 Å². The van der Waals surface area contributed by atoms with Gasteiger partial charge in [0.05, 0.1) is 6.61 Å². The number of amides is 2. The molecule has 0 unspecified atom stereocenters. The first-order valence-corrected chi connectivity index (χ1v) is 7.13. The molecule has 0 fully saturated rings. The van der Waals surface area contributed by atoms with E-state index in [1.807, 2.05) is 31.2 Å². The molecule has 4 heteroatoms. The molecule has 0 atom stereocenters. The van der Waals surface area contributed by atoms with Gasteiger partial charge in [-0.25, -0.2) is 0 Å². The number of benzene rings is 1. The monoisotopic (exact) mass is 285 g/mol. The molecule has 1 aromatic carbocycles. The molecule has 110 valence electrons. The highest BCUT2D eigenvalue weighted by molar-refractivity contribution is 6.06. The minimum atomic E-state index is -0.288. The summed E-state index contributed by atoms with van der Waals surface area (Å²) in [5.74, 6) is 0.239. The molecule has 0 aliphatic carbocycles. The van der Waals surface area contributed by atoms with Gasteiger partial charge >= 0.3 is 0 Å². The van der Waals surface area contributed by atoms with E-state index in [-0.39, 0.29) is 11.8 Å². The van der Waals surface area contributed by atoms with Crippen LogP contribution in [0.2, 0.25) is 0 Å². The highest BCUT2D eigenvalue weighted by atomic mass is 16.5. The van der Waals surface area contributed by atoms with Crippen molar-refractivity contribution in [2.24, 2.45) is 0 Å². The smallest absolute Gasteiger partial charge is 0.253 e. The zero-order valence-corrected chi connectivity index (χ0v) is 12.1. The zero-order valence-electron chi connectivity index (χ0n) is 12.1. The van der Waals surface area contributed by atoms with Crippen molar-refractivity contribution < 1.29 is 14.3 Å². The van der Waals surface area contributed by atoms with Crippen molar-refractivity contribution in [1.29, 1.82) is 0 Å². The van der Waals surface area contributed by atoms with Gasteiger partial charge in [0.2, 0.25) is 0 Å². The second-order valence-electron chi connectivity index (χ2n) is 4.77. The fourth-order valence-electron chi connectivity index (χ4n) is 1.99. The molecule has 0 saturated carbocycles. The van der Waals surface area contributed by atoms with Crippen LogP contribution in [0, 0.1) is 0 Å². The van der Waals surface area contributed by atoms with Gasteiger partial charge in [-0.3, -0.25) is 14.5 Å². The first-order chi connectivity index (χ1) is 10.2. The summed E-state index contributed by atoms with van der Waals surface area (Å²) in [6.45, 7) is 3.16. The van der Waals surface area contributed by atoms with Crippen LogP contribution in [0.3, 0.4) is 0 Å². The standard InChI is InChI=1S/C17H19NO3/c1-2-12-21-15-7-5-6-14(13-15)9-10-17(20)18-11-4-3-8-16(18)19/h3,5-10,13H,2,4,11-12H2,1H3/b10-9+. The van der Waals surface area contributed by atoms with Crippen molar-refractivity contribution in [1.82, 2.24) is 4.90 Å². The quantitative estimate of drug-likeness (QED) is 0.782. The van der Waals surface area contributed by atoms with Crippen LogP contribution >= 0.6 is 0 Å². The summed E-state index contributed by atoms with van der Waals surface area (Å²) in [4.78, 5) is 24.8. The van der Waals surface area contributed by atoms with E-state index in [1.54, 1.807) is 12.2 Å². The summed E-state index contributed by atoms with van der Waals surface area (Å²) in [6, 6.07) is 7.52. The normalized spacial score (nSPS) is 14.7. The molecule has 0 aromatic heterocycles. The van der Waals surface area contributed by atoms with E-state index in [1.165, 1.54) is 17.1 Å². The number of carbonyl (C=O) groups is 2. The molecule has 21 heavy (non-hydrogen) atoms. The third-order valence-corrected chi connectivity index (χ3v) is 3.06. The Morgan fingerprint density at radius 3 is 3.05 bits per heavy atom. The summed E-state index contributed by atoms with van der Waals surface area (Å²) < 4.78 is 5.54. The summed E-state index contributed by atoms with van der Waals surface area (Å²) >= 11 is 0. The number of nitrogens with zero attached hydrogens (tertiary/aromatic N) is 1. The summed E-state index contributed by atoms with van der Waals surface area (Å²) in [7, 11) is 0. The van der Waals surface area contributed by atoms with Crippen molar-refractivity contribution in [3.05, 3.63) is 48.1 Å². The number of rotatable bonds is 5. The van der Waals surface area contributed by atoms with Gasteiger partial charge in [-0.15, -0.1) is 0 Å². The van der Waals surface area contributed by atoms with Gasteiger partial charge in [0.25, 0.3) is 11.8 Å². The maximum Gasteiger partial charge on any atom is 0.253 e. The molecule has 0 radical (unpaired) electrons. The number of hydrogen-bond donors (Lipinski definition) is 0. The van der Waals surface area contributed by atoms with Gasteiger partial charge in [-0.2, -0.15) is 0 Å². The predicted molar refractivity (Wildman–Crippen MR) is 81.7 cm³/mol. The largest absolute Gasteiger partial charge is 0.494 e. The number of imide groups is 1. The average molecular weight is 285 g/mol. The highest BCUT2D eigenvalue weighted by Crippen LogP contribution is 2.15. The van der Waals surface area contributed by atoms with E-state index in [4.69, 9.17) is 4.74 Å². The van der Waals surface area contributed by atoms with E-state index in [9.17, 15) is 9.59 Å². The number of carbonyl (C=O) groups excluding carboxylic acids is 2. The van der Waals surface area contributed by atoms with Crippen molar-refractivity contribution in [2.45, 2.75) is 19.8 Å². The third kappa shape index (κ3) is 4.31. The van der Waals surface area contributed by atoms with Crippen molar-refractivity contribution in [2.75, 3.05) is 13.2 Å². The molecule has 0 bridgehead atoms. The summed E-state index contributed by atoms with van der Waals surface area (Å²) in [5, 5.41) is 0. The van der Waals surface area contributed by atoms with Gasteiger partial charge < -0.3 is 4.74 Å². The van der Waals surface area contributed by atoms with Crippen molar-refractivity contribution >= 4 is 17.9 Å². The fourth-order valence-corrected chi connectivity index (χ4v) is 1.99. The minimum Gasteiger partial charge on any atom is -0.494 e. The summed E-state index contributed by atoms with van der Waals surface area (Å²) in [6.07, 6.45) is 8.01. The predicted octanol–water partition coefficient (Wildman–Crippen LogP) is 2.80. The van der Waals surface area contributed by atoms with Crippen LogP contribution in [-0.4, -0.2) is 29.9 Å². The minimum absolute atomic E-state index is 0.254. The van der Waals surface area contributed by atoms with Crippen LogP contribution in [0.25, 0.3) is 6.08 Å². The molecule has 1 aliphatic heterocycles. The molecular formula is C17H19NO3. The van der Waals surface area contributed by atoms with Crippen LogP contribution in [-0.2, 0) is 9.59 Å². The van der Waals surface area contributed by atoms with Crippen molar-refractivity contribution in [3.63, 3.8) is 0 Å². The lowest BCUT2D eigenvalue weighted by atomic mass is 10.2. The molecule has 0 saturated heterocycles. The lowest BCUT2D eigenvalue weighted by molar-refractivity contribution is -0.139. The Morgan fingerprint density at radius 1 is 1.43 bits per heavy atom. The van der Waals surface area contributed by atoms with E-state index in [2.05, 4.69) is 0 Å². The number of ether oxygens (including phenoxy) is 1. The second kappa shape index (κ2) is 7.43. The molecule has 1 aromatic rings. The molecular weight excluding hydrogens is 266 g/mol. The molecule has 2 rings (SSSR count). The zero-order chi connectivity index (χ0) is 15.1. The lowest BCUT2D eigenvalue weighted by Crippen LogP contribution is -2.37. The number of hydrogen-bond acceptors (Lipinski definition) is 3. The molecule has 1 heterocycles. The van der Waals surface area contributed by atoms with Gasteiger partial charge in [0.1, 0.15) is 5.75 Å². The van der Waals surface area contributed by atoms with Crippen LogP contribution < -0.4 is 4.74 Å².